The van der Waals surface area contributed by atoms with Crippen molar-refractivity contribution in [3.63, 3.8) is 0 Å². The Morgan fingerprint density at radius 1 is 1.43 bits per heavy atom. The molecule has 0 fully saturated rings. The minimum absolute atomic E-state index is 0. The lowest BCUT2D eigenvalue weighted by Crippen LogP contribution is -2.13. The van der Waals surface area contributed by atoms with Gasteiger partial charge in [-0.15, -0.1) is 23.7 Å². The van der Waals surface area contributed by atoms with Gasteiger partial charge in [0.25, 0.3) is 5.91 Å². The third kappa shape index (κ3) is 5.49. The molecule has 0 bridgehead atoms. The molecule has 1 heterocycles. The van der Waals surface area contributed by atoms with E-state index in [-0.39, 0.29) is 18.3 Å². The average molecular weight is 356 g/mol. The van der Waals surface area contributed by atoms with Crippen molar-refractivity contribution >= 4 is 35.3 Å². The summed E-state index contributed by atoms with van der Waals surface area (Å²) in [7, 11) is 0. The molecule has 3 N–H and O–H groups in total. The average Bonchev–Trinajstić information content (AvgIpc) is 2.97. The highest BCUT2D eigenvalue weighted by Crippen LogP contribution is 2.22. The van der Waals surface area contributed by atoms with Crippen molar-refractivity contribution < 1.29 is 9.53 Å². The molecule has 0 saturated heterocycles. The zero-order valence-electron chi connectivity index (χ0n) is 13.3. The van der Waals surface area contributed by atoms with Crippen molar-refractivity contribution in [1.29, 1.82) is 0 Å². The van der Waals surface area contributed by atoms with E-state index >= 15 is 0 Å². The van der Waals surface area contributed by atoms with Gasteiger partial charge in [-0.3, -0.25) is 4.79 Å². The van der Waals surface area contributed by atoms with Crippen LogP contribution in [0, 0.1) is 6.92 Å². The first-order valence-electron chi connectivity index (χ1n) is 7.33. The van der Waals surface area contributed by atoms with Crippen LogP contribution in [0.5, 0.6) is 5.75 Å². The number of hydrogen-bond acceptors (Lipinski definition) is 5. The van der Waals surface area contributed by atoms with Crippen molar-refractivity contribution in [2.75, 3.05) is 18.5 Å². The van der Waals surface area contributed by atoms with E-state index in [1.807, 2.05) is 25.1 Å². The zero-order valence-corrected chi connectivity index (χ0v) is 14.9. The van der Waals surface area contributed by atoms with E-state index in [4.69, 9.17) is 10.5 Å². The lowest BCUT2D eigenvalue weighted by atomic mass is 10.2. The number of benzene rings is 1. The Labute approximate surface area is 146 Å². The topological polar surface area (TPSA) is 77.2 Å². The summed E-state index contributed by atoms with van der Waals surface area (Å²) in [6, 6.07) is 5.64. The Kier molecular flexibility index (Phi) is 8.02. The van der Waals surface area contributed by atoms with Gasteiger partial charge in [-0.2, -0.15) is 0 Å². The van der Waals surface area contributed by atoms with Gasteiger partial charge in [-0.1, -0.05) is 6.92 Å². The fourth-order valence-electron chi connectivity index (χ4n) is 1.93. The molecule has 0 atom stereocenters. The normalized spacial score (nSPS) is 10.0. The van der Waals surface area contributed by atoms with Crippen LogP contribution in [0.15, 0.2) is 23.6 Å². The standard InChI is InChI=1S/C16H21N3O2S.ClH/c1-3-8-21-12-4-5-13(11(2)9-12)19-16(20)14-10-22-15(18-14)6-7-17;/h4-5,9-10H,3,6-8,17H2,1-2H3,(H,19,20);1H. The number of ether oxygens (including phenoxy) is 1. The van der Waals surface area contributed by atoms with Crippen LogP contribution in [0.25, 0.3) is 0 Å². The fraction of sp³-hybridized carbons (Fsp3) is 0.375. The first-order chi connectivity index (χ1) is 10.6. The molecule has 7 heteroatoms. The van der Waals surface area contributed by atoms with Gasteiger partial charge in [-0.25, -0.2) is 4.98 Å². The van der Waals surface area contributed by atoms with Crippen molar-refractivity contribution in [2.45, 2.75) is 26.7 Å². The van der Waals surface area contributed by atoms with Crippen molar-refractivity contribution in [3.8, 4) is 5.75 Å². The second kappa shape index (κ2) is 9.50. The molecular formula is C16H22ClN3O2S. The second-order valence-corrected chi connectivity index (χ2v) is 5.89. The van der Waals surface area contributed by atoms with Gasteiger partial charge in [0.05, 0.1) is 11.6 Å². The van der Waals surface area contributed by atoms with Crippen LogP contribution in [0.3, 0.4) is 0 Å². The molecule has 0 spiro atoms. The molecule has 0 aliphatic heterocycles. The number of rotatable bonds is 7. The van der Waals surface area contributed by atoms with E-state index in [0.717, 1.165) is 28.4 Å². The first-order valence-corrected chi connectivity index (χ1v) is 8.21. The van der Waals surface area contributed by atoms with E-state index in [0.29, 0.717) is 25.3 Å². The summed E-state index contributed by atoms with van der Waals surface area (Å²) in [5.41, 5.74) is 7.65. The number of carbonyl (C=O) groups excluding carboxylic acids is 1. The Morgan fingerprint density at radius 3 is 2.87 bits per heavy atom. The van der Waals surface area contributed by atoms with Crippen LogP contribution in [0.4, 0.5) is 5.69 Å². The minimum Gasteiger partial charge on any atom is -0.494 e. The molecule has 1 aromatic heterocycles. The molecule has 0 unspecified atom stereocenters. The predicted molar refractivity (Wildman–Crippen MR) is 97.0 cm³/mol. The maximum atomic E-state index is 12.2. The van der Waals surface area contributed by atoms with Gasteiger partial charge in [0.15, 0.2) is 0 Å². The quantitative estimate of drug-likeness (QED) is 0.797. The number of nitrogens with one attached hydrogen (secondary N) is 1. The van der Waals surface area contributed by atoms with Gasteiger partial charge in [-0.05, 0) is 43.7 Å². The summed E-state index contributed by atoms with van der Waals surface area (Å²) < 4.78 is 5.58. The van der Waals surface area contributed by atoms with Crippen LogP contribution in [-0.2, 0) is 6.42 Å². The highest BCUT2D eigenvalue weighted by molar-refractivity contribution is 7.09. The number of aryl methyl sites for hydroxylation is 1. The summed E-state index contributed by atoms with van der Waals surface area (Å²) >= 11 is 1.46. The minimum atomic E-state index is -0.204. The van der Waals surface area contributed by atoms with E-state index in [9.17, 15) is 4.79 Å². The summed E-state index contributed by atoms with van der Waals surface area (Å²) in [5, 5.41) is 5.52. The molecule has 0 saturated carbocycles. The molecule has 0 aliphatic rings. The van der Waals surface area contributed by atoms with Crippen molar-refractivity contribution in [3.05, 3.63) is 39.8 Å². The molecule has 2 rings (SSSR count). The largest absolute Gasteiger partial charge is 0.494 e. The van der Waals surface area contributed by atoms with Crippen molar-refractivity contribution in [2.24, 2.45) is 5.73 Å². The van der Waals surface area contributed by atoms with Crippen molar-refractivity contribution in [1.82, 2.24) is 4.98 Å². The summed E-state index contributed by atoms with van der Waals surface area (Å²) in [6.07, 6.45) is 1.66. The van der Waals surface area contributed by atoms with Gasteiger partial charge in [0.2, 0.25) is 0 Å². The number of halogens is 1. The molecule has 5 nitrogen and oxygen atoms in total. The molecule has 2 aromatic rings. The lowest BCUT2D eigenvalue weighted by Gasteiger charge is -2.10. The molecular weight excluding hydrogens is 334 g/mol. The van der Waals surface area contributed by atoms with E-state index in [1.165, 1.54) is 11.3 Å². The second-order valence-electron chi connectivity index (χ2n) is 4.94. The van der Waals surface area contributed by atoms with Gasteiger partial charge >= 0.3 is 0 Å². The van der Waals surface area contributed by atoms with Crippen LogP contribution >= 0.6 is 23.7 Å². The predicted octanol–water partition coefficient (Wildman–Crippen LogP) is 3.42. The number of thiazole rings is 1. The van der Waals surface area contributed by atoms with Gasteiger partial charge in [0, 0.05) is 17.5 Å². The Morgan fingerprint density at radius 2 is 2.22 bits per heavy atom. The SMILES string of the molecule is CCCOc1ccc(NC(=O)c2csc(CCN)n2)c(C)c1.Cl. The summed E-state index contributed by atoms with van der Waals surface area (Å²) in [4.78, 5) is 16.5. The van der Waals surface area contributed by atoms with Crippen LogP contribution in [-0.4, -0.2) is 24.0 Å². The Hall–Kier alpha value is -1.63. The number of aromatic nitrogens is 1. The number of carbonyl (C=O) groups is 1. The molecule has 0 aliphatic carbocycles. The maximum Gasteiger partial charge on any atom is 0.275 e. The molecule has 1 aromatic carbocycles. The smallest absolute Gasteiger partial charge is 0.275 e. The maximum absolute atomic E-state index is 12.2. The number of nitrogens with zero attached hydrogens (tertiary/aromatic N) is 1. The Bertz CT molecular complexity index is 646. The van der Waals surface area contributed by atoms with Gasteiger partial charge < -0.3 is 15.8 Å². The molecule has 1 amide bonds. The number of anilines is 1. The van der Waals surface area contributed by atoms with E-state index < -0.39 is 0 Å². The molecule has 23 heavy (non-hydrogen) atoms. The first kappa shape index (κ1) is 19.4. The summed E-state index contributed by atoms with van der Waals surface area (Å²) in [5.74, 6) is 0.612. The lowest BCUT2D eigenvalue weighted by molar-refractivity contribution is 0.102. The van der Waals surface area contributed by atoms with E-state index in [2.05, 4.69) is 17.2 Å². The Balaban J connectivity index is 0.00000264. The monoisotopic (exact) mass is 355 g/mol. The highest BCUT2D eigenvalue weighted by atomic mass is 35.5. The van der Waals surface area contributed by atoms with Crippen LogP contribution < -0.4 is 15.8 Å². The zero-order chi connectivity index (χ0) is 15.9. The number of hydrogen-bond donors (Lipinski definition) is 2. The molecule has 0 radical (unpaired) electrons. The highest BCUT2D eigenvalue weighted by Gasteiger charge is 2.12. The summed E-state index contributed by atoms with van der Waals surface area (Å²) in [6.45, 7) is 5.23. The van der Waals surface area contributed by atoms with Gasteiger partial charge in [0.1, 0.15) is 11.4 Å². The third-order valence-corrected chi connectivity index (χ3v) is 3.97. The number of nitrogens with two attached hydrogens (primary N) is 1. The van der Waals surface area contributed by atoms with Crippen LogP contribution in [0.1, 0.15) is 34.4 Å². The fourth-order valence-corrected chi connectivity index (χ4v) is 2.72. The number of amides is 1. The molecule has 126 valence electrons. The van der Waals surface area contributed by atoms with Crippen LogP contribution in [0.2, 0.25) is 0 Å². The third-order valence-electron chi connectivity index (χ3n) is 3.06. The van der Waals surface area contributed by atoms with E-state index in [1.54, 1.807) is 5.38 Å².